The Labute approximate surface area is 239 Å². The Morgan fingerprint density at radius 2 is 1.71 bits per heavy atom. The summed E-state index contributed by atoms with van der Waals surface area (Å²) in [6.07, 6.45) is 3.59. The Morgan fingerprint density at radius 1 is 0.929 bits per heavy atom. The second-order valence-corrected chi connectivity index (χ2v) is 9.76. The highest BCUT2D eigenvalue weighted by Gasteiger charge is 2.23. The highest BCUT2D eigenvalue weighted by atomic mass is 19.1. The lowest BCUT2D eigenvalue weighted by Gasteiger charge is -2.23. The number of fused-ring (bicyclic) bond motifs is 2. The minimum Gasteiger partial charge on any atom is -0.497 e. The lowest BCUT2D eigenvalue weighted by atomic mass is 10.1. The summed E-state index contributed by atoms with van der Waals surface area (Å²) in [4.78, 5) is 40.5. The van der Waals surface area contributed by atoms with Gasteiger partial charge in [0.2, 0.25) is 0 Å². The van der Waals surface area contributed by atoms with E-state index in [0.717, 1.165) is 11.3 Å². The average Bonchev–Trinajstić information content (AvgIpc) is 3.02. The summed E-state index contributed by atoms with van der Waals surface area (Å²) in [6, 6.07) is 21.9. The molecule has 0 bridgehead atoms. The second-order valence-electron chi connectivity index (χ2n) is 9.76. The fourth-order valence-corrected chi connectivity index (χ4v) is 5.08. The number of hydrogen-bond donors (Lipinski definition) is 1. The van der Waals surface area contributed by atoms with E-state index in [1.807, 2.05) is 41.8 Å². The van der Waals surface area contributed by atoms with Crippen LogP contribution in [-0.4, -0.2) is 31.2 Å². The molecule has 0 spiro atoms. The molecule has 3 heterocycles. The number of benzene rings is 3. The van der Waals surface area contributed by atoms with Crippen molar-refractivity contribution in [2.24, 2.45) is 0 Å². The summed E-state index contributed by atoms with van der Waals surface area (Å²) in [5, 5.41) is 3.58. The number of nitrogens with one attached hydrogen (secondary N) is 1. The molecular weight excluding hydrogens is 535 g/mol. The van der Waals surface area contributed by atoms with Crippen LogP contribution < -0.4 is 21.0 Å². The molecule has 0 aliphatic rings. The topological polar surface area (TPSA) is 104 Å². The van der Waals surface area contributed by atoms with Gasteiger partial charge in [-0.3, -0.25) is 14.2 Å². The Balaban J connectivity index is 1.47. The third-order valence-electron chi connectivity index (χ3n) is 7.18. The number of anilines is 1. The summed E-state index contributed by atoms with van der Waals surface area (Å²) in [5.74, 6) is 0.797. The minimum absolute atomic E-state index is 0.0890. The Morgan fingerprint density at radius 3 is 2.45 bits per heavy atom. The van der Waals surface area contributed by atoms with Crippen molar-refractivity contribution in [3.8, 4) is 11.4 Å². The maximum Gasteiger partial charge on any atom is 0.269 e. The van der Waals surface area contributed by atoms with Crippen molar-refractivity contribution in [2.75, 3.05) is 12.4 Å². The predicted molar refractivity (Wildman–Crippen MR) is 160 cm³/mol. The van der Waals surface area contributed by atoms with Crippen LogP contribution in [0.1, 0.15) is 30.8 Å². The lowest BCUT2D eigenvalue weighted by molar-refractivity contribution is 0.414. The van der Waals surface area contributed by atoms with E-state index in [9.17, 15) is 14.0 Å². The fraction of sp³-hybridized carbons (Fsp3) is 0.156. The van der Waals surface area contributed by atoms with Gasteiger partial charge >= 0.3 is 0 Å². The van der Waals surface area contributed by atoms with E-state index >= 15 is 0 Å². The van der Waals surface area contributed by atoms with Gasteiger partial charge in [-0.1, -0.05) is 43.3 Å². The zero-order chi connectivity index (χ0) is 29.2. The van der Waals surface area contributed by atoms with Gasteiger partial charge in [0.1, 0.15) is 46.0 Å². The lowest BCUT2D eigenvalue weighted by Crippen LogP contribution is -2.29. The molecule has 1 N–H and O–H groups in total. The molecule has 42 heavy (non-hydrogen) atoms. The van der Waals surface area contributed by atoms with E-state index < -0.39 is 17.4 Å². The van der Waals surface area contributed by atoms with Gasteiger partial charge in [-0.25, -0.2) is 19.3 Å². The van der Waals surface area contributed by atoms with E-state index in [1.165, 1.54) is 29.1 Å². The first-order valence-electron chi connectivity index (χ1n) is 13.5. The van der Waals surface area contributed by atoms with E-state index in [-0.39, 0.29) is 16.3 Å². The van der Waals surface area contributed by atoms with Crippen LogP contribution in [0.5, 0.6) is 5.75 Å². The molecule has 0 amide bonds. The third kappa shape index (κ3) is 4.87. The number of halogens is 1. The molecule has 0 saturated carbocycles. The second kappa shape index (κ2) is 11.2. The maximum absolute atomic E-state index is 14.8. The molecule has 0 fully saturated rings. The first-order chi connectivity index (χ1) is 20.5. The van der Waals surface area contributed by atoms with Gasteiger partial charge in [0.05, 0.1) is 24.4 Å². The standard InChI is InChI=1S/C32H27FN6O3/c1-3-24(30-37-25-11-7-10-23(33)27(25)32(41)39(30)21-8-5-4-6-9-21)36-29-28-26(40)16-17-38(31(28)35-19-34-29)18-20-12-14-22(42-2)15-13-20/h4-17,19,24H,3,18H2,1-2H3,(H,34,35,36). The maximum atomic E-state index is 14.8. The zero-order valence-corrected chi connectivity index (χ0v) is 23.0. The molecule has 1 atom stereocenters. The SMILES string of the molecule is CCC(Nc1ncnc2c1c(=O)ccn2Cc1ccc(OC)cc1)c1nc2cccc(F)c2c(=O)n1-c1ccccc1. The molecule has 210 valence electrons. The minimum atomic E-state index is -0.638. The fourth-order valence-electron chi connectivity index (χ4n) is 5.08. The first-order valence-corrected chi connectivity index (χ1v) is 13.5. The third-order valence-corrected chi connectivity index (χ3v) is 7.18. The molecule has 9 nitrogen and oxygen atoms in total. The summed E-state index contributed by atoms with van der Waals surface area (Å²) < 4.78 is 23.4. The van der Waals surface area contributed by atoms with Crippen molar-refractivity contribution in [3.05, 3.63) is 129 Å². The number of aromatic nitrogens is 5. The first kappa shape index (κ1) is 26.8. The van der Waals surface area contributed by atoms with Crippen LogP contribution >= 0.6 is 0 Å². The molecule has 3 aromatic carbocycles. The summed E-state index contributed by atoms with van der Waals surface area (Å²) in [5.41, 5.74) is 1.48. The monoisotopic (exact) mass is 562 g/mol. The normalized spacial score (nSPS) is 12.0. The molecule has 0 aliphatic carbocycles. The molecule has 1 unspecified atom stereocenters. The molecule has 6 rings (SSSR count). The van der Waals surface area contributed by atoms with E-state index in [0.29, 0.717) is 41.3 Å². The van der Waals surface area contributed by atoms with E-state index in [1.54, 1.807) is 43.6 Å². The number of nitrogens with zero attached hydrogens (tertiary/aromatic N) is 5. The van der Waals surface area contributed by atoms with Crippen LogP contribution in [0.2, 0.25) is 0 Å². The Bertz CT molecular complexity index is 2020. The number of pyridine rings is 1. The highest BCUT2D eigenvalue weighted by Crippen LogP contribution is 2.27. The molecule has 0 aliphatic heterocycles. The predicted octanol–water partition coefficient (Wildman–Crippen LogP) is 5.25. The van der Waals surface area contributed by atoms with Crippen molar-refractivity contribution >= 4 is 27.8 Å². The number of hydrogen-bond acceptors (Lipinski definition) is 7. The van der Waals surface area contributed by atoms with Crippen LogP contribution in [0.15, 0.2) is 101 Å². The highest BCUT2D eigenvalue weighted by molar-refractivity contribution is 5.86. The van der Waals surface area contributed by atoms with Crippen molar-refractivity contribution in [3.63, 3.8) is 0 Å². The smallest absolute Gasteiger partial charge is 0.269 e. The number of para-hydroxylation sites is 1. The van der Waals surface area contributed by atoms with Crippen molar-refractivity contribution < 1.29 is 9.13 Å². The summed E-state index contributed by atoms with van der Waals surface area (Å²) >= 11 is 0. The van der Waals surface area contributed by atoms with Gasteiger partial charge in [0.15, 0.2) is 5.43 Å². The summed E-state index contributed by atoms with van der Waals surface area (Å²) in [6.45, 7) is 2.40. The summed E-state index contributed by atoms with van der Waals surface area (Å²) in [7, 11) is 1.62. The van der Waals surface area contributed by atoms with Crippen LogP contribution in [-0.2, 0) is 6.54 Å². The van der Waals surface area contributed by atoms with Gasteiger partial charge in [-0.15, -0.1) is 0 Å². The van der Waals surface area contributed by atoms with Crippen molar-refractivity contribution in [1.29, 1.82) is 0 Å². The van der Waals surface area contributed by atoms with E-state index in [4.69, 9.17) is 9.72 Å². The van der Waals surface area contributed by atoms with Crippen LogP contribution in [0.3, 0.4) is 0 Å². The number of methoxy groups -OCH3 is 1. The van der Waals surface area contributed by atoms with Crippen LogP contribution in [0, 0.1) is 5.82 Å². The van der Waals surface area contributed by atoms with Crippen molar-refractivity contribution in [2.45, 2.75) is 25.9 Å². The molecule has 0 radical (unpaired) electrons. The number of rotatable bonds is 8. The largest absolute Gasteiger partial charge is 0.497 e. The van der Waals surface area contributed by atoms with Gasteiger partial charge in [0, 0.05) is 18.8 Å². The van der Waals surface area contributed by atoms with Gasteiger partial charge in [-0.05, 0) is 48.4 Å². The Hall–Kier alpha value is -5.38. The zero-order valence-electron chi connectivity index (χ0n) is 23.0. The molecule has 10 heteroatoms. The van der Waals surface area contributed by atoms with Crippen LogP contribution in [0.4, 0.5) is 10.2 Å². The van der Waals surface area contributed by atoms with Gasteiger partial charge < -0.3 is 14.6 Å². The Kier molecular flexibility index (Phi) is 7.18. The molecule has 6 aromatic rings. The van der Waals surface area contributed by atoms with Gasteiger partial charge in [-0.2, -0.15) is 0 Å². The van der Waals surface area contributed by atoms with E-state index in [2.05, 4.69) is 15.3 Å². The van der Waals surface area contributed by atoms with Crippen molar-refractivity contribution in [1.82, 2.24) is 24.1 Å². The number of ether oxygens (including phenoxy) is 1. The van der Waals surface area contributed by atoms with Crippen LogP contribution in [0.25, 0.3) is 27.6 Å². The molecule has 3 aromatic heterocycles. The average molecular weight is 563 g/mol. The molecule has 0 saturated heterocycles. The molecular formula is C32H27FN6O3. The quantitative estimate of drug-likeness (QED) is 0.270. The van der Waals surface area contributed by atoms with Gasteiger partial charge in [0.25, 0.3) is 5.56 Å².